The summed E-state index contributed by atoms with van der Waals surface area (Å²) >= 11 is 0. The van der Waals surface area contributed by atoms with Crippen LogP contribution in [0.1, 0.15) is 31.3 Å². The van der Waals surface area contributed by atoms with Gasteiger partial charge in [-0.15, -0.1) is 0 Å². The molecule has 2 N–H and O–H groups in total. The van der Waals surface area contributed by atoms with E-state index in [-0.39, 0.29) is 28.6 Å². The van der Waals surface area contributed by atoms with Crippen LogP contribution in [-0.2, 0) is 0 Å². The van der Waals surface area contributed by atoms with E-state index in [1.807, 2.05) is 20.8 Å². The molecule has 2 aromatic rings. The maximum Gasteiger partial charge on any atom is 0.271 e. The average Bonchev–Trinajstić information content (AvgIpc) is 2.41. The average molecular weight is 306 g/mol. The fraction of sp³-hybridized carbons (Fsp3) is 0.267. The highest BCUT2D eigenvalue weighted by Gasteiger charge is 2.16. The number of amides is 1. The normalized spacial score (nSPS) is 11.1. The monoisotopic (exact) mass is 306 g/mol. The van der Waals surface area contributed by atoms with Crippen molar-refractivity contribution in [1.29, 1.82) is 0 Å². The molecule has 1 amide bonds. The zero-order valence-corrected chi connectivity index (χ0v) is 12.4. The Kier molecular flexibility index (Phi) is 4.35. The summed E-state index contributed by atoms with van der Waals surface area (Å²) < 4.78 is 26.3. The van der Waals surface area contributed by atoms with Gasteiger partial charge in [0.2, 0.25) is 0 Å². The molecule has 0 radical (unpaired) electrons. The summed E-state index contributed by atoms with van der Waals surface area (Å²) in [7, 11) is 0. The first-order chi connectivity index (χ1) is 10.2. The largest absolute Gasteiger partial charge is 0.346 e. The minimum atomic E-state index is -0.739. The van der Waals surface area contributed by atoms with E-state index >= 15 is 0 Å². The van der Waals surface area contributed by atoms with Crippen molar-refractivity contribution in [3.63, 3.8) is 0 Å². The number of nitrogens with one attached hydrogen (secondary N) is 2. The molecule has 0 aliphatic rings. The number of halogens is 2. The second kappa shape index (κ2) is 6.05. The Morgan fingerprint density at radius 1 is 1.14 bits per heavy atom. The molecule has 1 heterocycles. The topological polar surface area (TPSA) is 66.9 Å². The number of rotatable bonds is 3. The summed E-state index contributed by atoms with van der Waals surface area (Å²) in [6.45, 7) is 5.56. The molecular formula is C15H16F2N4O. The second-order valence-corrected chi connectivity index (χ2v) is 5.74. The number of anilines is 2. The highest BCUT2D eigenvalue weighted by Crippen LogP contribution is 2.18. The van der Waals surface area contributed by atoms with Gasteiger partial charge in [0.25, 0.3) is 5.91 Å². The third kappa shape index (κ3) is 4.21. The first kappa shape index (κ1) is 15.8. The molecule has 116 valence electrons. The van der Waals surface area contributed by atoms with Crippen LogP contribution >= 0.6 is 0 Å². The van der Waals surface area contributed by atoms with Crippen LogP contribution in [0.25, 0.3) is 0 Å². The molecule has 0 bridgehead atoms. The van der Waals surface area contributed by atoms with Gasteiger partial charge in [0.1, 0.15) is 23.1 Å². The molecule has 22 heavy (non-hydrogen) atoms. The van der Waals surface area contributed by atoms with Crippen LogP contribution in [0, 0.1) is 11.6 Å². The van der Waals surface area contributed by atoms with E-state index in [1.165, 1.54) is 18.5 Å². The fourth-order valence-corrected chi connectivity index (χ4v) is 1.64. The lowest BCUT2D eigenvalue weighted by atomic mass is 10.1. The van der Waals surface area contributed by atoms with Crippen LogP contribution in [0.3, 0.4) is 0 Å². The van der Waals surface area contributed by atoms with E-state index in [1.54, 1.807) is 0 Å². The third-order valence-corrected chi connectivity index (χ3v) is 2.57. The Balaban J connectivity index is 2.10. The summed E-state index contributed by atoms with van der Waals surface area (Å²) in [6, 6.07) is 3.15. The summed E-state index contributed by atoms with van der Waals surface area (Å²) in [5.74, 6) is -1.50. The van der Waals surface area contributed by atoms with Gasteiger partial charge in [-0.2, -0.15) is 0 Å². The number of nitrogens with zero attached hydrogens (tertiary/aromatic N) is 2. The molecule has 0 aliphatic heterocycles. The van der Waals surface area contributed by atoms with E-state index < -0.39 is 11.6 Å². The molecule has 0 atom stereocenters. The van der Waals surface area contributed by atoms with E-state index in [4.69, 9.17) is 0 Å². The molecule has 2 rings (SSSR count). The number of aromatic nitrogens is 2. The van der Waals surface area contributed by atoms with Crippen molar-refractivity contribution in [2.24, 2.45) is 0 Å². The smallest absolute Gasteiger partial charge is 0.271 e. The molecule has 5 nitrogen and oxygen atoms in total. The number of benzene rings is 1. The van der Waals surface area contributed by atoms with Crippen molar-refractivity contribution in [1.82, 2.24) is 15.3 Å². The Morgan fingerprint density at radius 3 is 2.41 bits per heavy atom. The Bertz CT molecular complexity index is 681. The minimum absolute atomic E-state index is 0.0718. The lowest BCUT2D eigenvalue weighted by molar-refractivity contribution is 0.0914. The van der Waals surface area contributed by atoms with Crippen LogP contribution in [0.15, 0.2) is 30.6 Å². The van der Waals surface area contributed by atoms with E-state index in [2.05, 4.69) is 20.6 Å². The summed E-state index contributed by atoms with van der Waals surface area (Å²) in [5, 5.41) is 5.42. The maximum absolute atomic E-state index is 13.5. The predicted molar refractivity (Wildman–Crippen MR) is 78.9 cm³/mol. The van der Waals surface area contributed by atoms with Crippen molar-refractivity contribution >= 4 is 17.4 Å². The predicted octanol–water partition coefficient (Wildman–Crippen LogP) is 3.03. The molecular weight excluding hydrogens is 290 g/mol. The van der Waals surface area contributed by atoms with Crippen LogP contribution in [0.4, 0.5) is 20.3 Å². The van der Waals surface area contributed by atoms with Crippen molar-refractivity contribution in [3.05, 3.63) is 47.9 Å². The highest BCUT2D eigenvalue weighted by atomic mass is 19.1. The van der Waals surface area contributed by atoms with Crippen LogP contribution in [0.2, 0.25) is 0 Å². The van der Waals surface area contributed by atoms with Gasteiger partial charge in [-0.3, -0.25) is 4.79 Å². The SMILES string of the molecule is CC(C)(C)NC(=O)c1cnc(Nc2ccc(F)cc2F)cn1. The minimum Gasteiger partial charge on any atom is -0.346 e. The van der Waals surface area contributed by atoms with Crippen LogP contribution < -0.4 is 10.6 Å². The van der Waals surface area contributed by atoms with Crippen molar-refractivity contribution < 1.29 is 13.6 Å². The Labute approximate surface area is 126 Å². The van der Waals surface area contributed by atoms with Gasteiger partial charge in [-0.05, 0) is 32.9 Å². The third-order valence-electron chi connectivity index (χ3n) is 2.57. The molecule has 1 aromatic carbocycles. The number of carbonyl (C=O) groups excluding carboxylic acids is 1. The Hall–Kier alpha value is -2.57. The van der Waals surface area contributed by atoms with Crippen molar-refractivity contribution in [2.75, 3.05) is 5.32 Å². The van der Waals surface area contributed by atoms with Gasteiger partial charge >= 0.3 is 0 Å². The van der Waals surface area contributed by atoms with Gasteiger partial charge < -0.3 is 10.6 Å². The molecule has 0 aliphatic carbocycles. The van der Waals surface area contributed by atoms with Crippen molar-refractivity contribution in [2.45, 2.75) is 26.3 Å². The second-order valence-electron chi connectivity index (χ2n) is 5.74. The zero-order chi connectivity index (χ0) is 16.3. The molecule has 0 spiro atoms. The first-order valence-electron chi connectivity index (χ1n) is 6.61. The van der Waals surface area contributed by atoms with Gasteiger partial charge in [0.15, 0.2) is 0 Å². The van der Waals surface area contributed by atoms with Gasteiger partial charge in [-0.25, -0.2) is 18.7 Å². The highest BCUT2D eigenvalue weighted by molar-refractivity contribution is 5.92. The summed E-state index contributed by atoms with van der Waals surface area (Å²) in [4.78, 5) is 19.9. The lowest BCUT2D eigenvalue weighted by Crippen LogP contribution is -2.40. The molecule has 0 saturated carbocycles. The molecule has 1 aromatic heterocycles. The summed E-state index contributed by atoms with van der Waals surface area (Å²) in [6.07, 6.45) is 2.59. The molecule has 0 fully saturated rings. The van der Waals surface area contributed by atoms with Gasteiger partial charge in [0, 0.05) is 11.6 Å². The maximum atomic E-state index is 13.5. The molecule has 0 unspecified atom stereocenters. The molecule has 7 heteroatoms. The quantitative estimate of drug-likeness (QED) is 0.914. The zero-order valence-electron chi connectivity index (χ0n) is 12.4. The van der Waals surface area contributed by atoms with Crippen LogP contribution in [0.5, 0.6) is 0 Å². The fourth-order valence-electron chi connectivity index (χ4n) is 1.64. The van der Waals surface area contributed by atoms with E-state index in [0.29, 0.717) is 0 Å². The number of carbonyl (C=O) groups is 1. The van der Waals surface area contributed by atoms with Crippen molar-refractivity contribution in [3.8, 4) is 0 Å². The standard InChI is InChI=1S/C15H16F2N4O/c1-15(2,3)21-14(22)12-7-19-13(8-18-12)20-11-5-4-9(16)6-10(11)17/h4-8H,1-3H3,(H,19,20)(H,21,22). The number of hydrogen-bond donors (Lipinski definition) is 2. The first-order valence-corrected chi connectivity index (χ1v) is 6.61. The van der Waals surface area contributed by atoms with E-state index in [0.717, 1.165) is 12.1 Å². The lowest BCUT2D eigenvalue weighted by Gasteiger charge is -2.19. The molecule has 0 saturated heterocycles. The van der Waals surface area contributed by atoms with Gasteiger partial charge in [0.05, 0.1) is 18.1 Å². The number of hydrogen-bond acceptors (Lipinski definition) is 4. The van der Waals surface area contributed by atoms with Gasteiger partial charge in [-0.1, -0.05) is 0 Å². The van der Waals surface area contributed by atoms with Crippen LogP contribution in [-0.4, -0.2) is 21.4 Å². The van der Waals surface area contributed by atoms with E-state index in [9.17, 15) is 13.6 Å². The summed E-state index contributed by atoms with van der Waals surface area (Å²) in [5.41, 5.74) is -0.157. The Morgan fingerprint density at radius 2 is 1.86 bits per heavy atom.